The third-order valence-corrected chi connectivity index (χ3v) is 7.95. The molecule has 1 N–H and O–H groups in total. The predicted molar refractivity (Wildman–Crippen MR) is 184 cm³/mol. The minimum atomic E-state index is -0.468. The Bertz CT molecular complexity index is 2220. The van der Waals surface area contributed by atoms with Crippen LogP contribution in [0, 0.1) is 0 Å². The smallest absolute Gasteiger partial charge is 0.332 e. The first-order chi connectivity index (χ1) is 23.1. The third kappa shape index (κ3) is 8.03. The topological polar surface area (TPSA) is 181 Å². The average molecular weight is 681 g/mol. The molecule has 0 bridgehead atoms. The van der Waals surface area contributed by atoms with E-state index in [1.165, 1.54) is 49.6 Å². The van der Waals surface area contributed by atoms with Gasteiger partial charge in [-0.3, -0.25) is 42.0 Å². The van der Waals surface area contributed by atoms with Crippen molar-refractivity contribution in [1.29, 1.82) is 0 Å². The molecule has 0 aliphatic heterocycles. The van der Waals surface area contributed by atoms with Gasteiger partial charge in [0.15, 0.2) is 22.3 Å². The van der Waals surface area contributed by atoms with Crippen molar-refractivity contribution >= 4 is 34.1 Å². The summed E-state index contributed by atoms with van der Waals surface area (Å²) in [6.07, 6.45) is 8.20. The number of nitrogens with one attached hydrogen (secondary N) is 1. The molecule has 0 saturated carbocycles. The number of unbranched alkanes of at least 4 members (excludes halogenated alkanes) is 1. The normalized spacial score (nSPS) is 11.5. The molecule has 5 heterocycles. The van der Waals surface area contributed by atoms with E-state index >= 15 is 0 Å². The van der Waals surface area contributed by atoms with E-state index in [2.05, 4.69) is 20.2 Å². The van der Waals surface area contributed by atoms with Crippen LogP contribution in [-0.4, -0.2) is 105 Å². The fraction of sp³-hybridized carbons (Fsp3) is 0.484. The minimum Gasteiger partial charge on any atom is -0.355 e. The molecule has 264 valence electrons. The molecule has 0 fully saturated rings. The number of hydrogen-bond donors (Lipinski definition) is 1. The Hall–Kier alpha value is -5.36. The number of rotatable bonds is 11. The van der Waals surface area contributed by atoms with E-state index in [1.54, 1.807) is 26.5 Å². The number of aromatic nitrogens is 9. The van der Waals surface area contributed by atoms with Crippen molar-refractivity contribution in [2.75, 3.05) is 41.3 Å². The molecule has 0 radical (unpaired) electrons. The van der Waals surface area contributed by atoms with Gasteiger partial charge in [0.05, 0.1) is 12.7 Å². The molecule has 0 aliphatic carbocycles. The second kappa shape index (κ2) is 15.2. The molecule has 5 rings (SSSR count). The zero-order chi connectivity index (χ0) is 36.2. The van der Waals surface area contributed by atoms with Gasteiger partial charge in [-0.1, -0.05) is 0 Å². The molecular weight excluding hydrogens is 636 g/mol. The molecule has 18 heteroatoms. The number of carbonyl (C=O) groups is 2. The van der Waals surface area contributed by atoms with Gasteiger partial charge < -0.3 is 24.3 Å². The molecule has 0 atom stereocenters. The van der Waals surface area contributed by atoms with Crippen LogP contribution in [-0.2, 0) is 52.6 Å². The van der Waals surface area contributed by atoms with Crippen LogP contribution in [0.15, 0.2) is 50.3 Å². The third-order valence-electron chi connectivity index (χ3n) is 7.95. The summed E-state index contributed by atoms with van der Waals surface area (Å²) in [5.74, 6) is -0.379. The second-order valence-corrected chi connectivity index (χ2v) is 12.4. The highest BCUT2D eigenvalue weighted by Crippen LogP contribution is 2.09. The van der Waals surface area contributed by atoms with Gasteiger partial charge in [0.25, 0.3) is 17.0 Å². The fourth-order valence-electron chi connectivity index (χ4n) is 5.31. The van der Waals surface area contributed by atoms with Gasteiger partial charge in [-0.05, 0) is 59.2 Å². The summed E-state index contributed by atoms with van der Waals surface area (Å²) >= 11 is 0. The number of hydrogen-bond acceptors (Lipinski definition) is 10. The maximum atomic E-state index is 12.5. The highest BCUT2D eigenvalue weighted by molar-refractivity contribution is 5.81. The zero-order valence-corrected chi connectivity index (χ0v) is 29.2. The van der Waals surface area contributed by atoms with E-state index in [0.29, 0.717) is 6.54 Å². The number of imidazole rings is 2. The highest BCUT2D eigenvalue weighted by Gasteiger charge is 2.18. The van der Waals surface area contributed by atoms with E-state index in [1.807, 2.05) is 39.2 Å². The fourth-order valence-corrected chi connectivity index (χ4v) is 5.31. The van der Waals surface area contributed by atoms with Gasteiger partial charge in [-0.25, -0.2) is 19.6 Å². The van der Waals surface area contributed by atoms with E-state index in [0.717, 1.165) is 40.6 Å². The maximum absolute atomic E-state index is 12.5. The van der Waals surface area contributed by atoms with Crippen LogP contribution in [0.3, 0.4) is 0 Å². The van der Waals surface area contributed by atoms with Crippen molar-refractivity contribution in [1.82, 2.24) is 57.1 Å². The zero-order valence-electron chi connectivity index (χ0n) is 29.2. The van der Waals surface area contributed by atoms with Crippen molar-refractivity contribution in [2.24, 2.45) is 28.2 Å². The van der Waals surface area contributed by atoms with Gasteiger partial charge in [-0.15, -0.1) is 0 Å². The maximum Gasteiger partial charge on any atom is 0.332 e. The minimum absolute atomic E-state index is 0.00236. The van der Waals surface area contributed by atoms with E-state index < -0.39 is 22.5 Å². The highest BCUT2D eigenvalue weighted by atomic mass is 16.2. The summed E-state index contributed by atoms with van der Waals surface area (Å²) in [6.45, 7) is 2.26. The monoisotopic (exact) mass is 680 g/mol. The first-order valence-corrected chi connectivity index (χ1v) is 15.6. The summed E-state index contributed by atoms with van der Waals surface area (Å²) in [6, 6.07) is 1.88. The number of aryl methyl sites for hydroxylation is 2. The van der Waals surface area contributed by atoms with Gasteiger partial charge in [0, 0.05) is 53.7 Å². The predicted octanol–water partition coefficient (Wildman–Crippen LogP) is -1.47. The van der Waals surface area contributed by atoms with Crippen LogP contribution in [0.1, 0.15) is 23.2 Å². The Morgan fingerprint density at radius 3 is 1.78 bits per heavy atom. The SMILES string of the molecule is CN(C)CCCCNC(=O)Cn1cnc2c1c(=O)n(C)c(=O)n2C.CN(C)Cc1ccn(C(=O)Cn2cnc3c2c(=O)n(C)c(=O)n3C)c1. The standard InChI is InChI=1S/C16H20N6O3.C15H24N6O3/c1-18(2)7-11-5-6-21(8-11)12(23)9-22-10-17-14-13(22)15(24)20(4)16(25)19(14)3;1-18(2)8-6-5-7-16-11(22)9-21-10-17-13-12(21)14(23)20(4)15(24)19(13)3/h5-6,8,10H,7,9H2,1-4H3;10H,5-9H2,1-4H3,(H,16,22). The van der Waals surface area contributed by atoms with Crippen molar-refractivity contribution in [3.63, 3.8) is 0 Å². The van der Waals surface area contributed by atoms with Crippen LogP contribution in [0.2, 0.25) is 0 Å². The number of fused-ring (bicyclic) bond motifs is 2. The Labute approximate surface area is 281 Å². The van der Waals surface area contributed by atoms with Crippen molar-refractivity contribution in [2.45, 2.75) is 32.5 Å². The summed E-state index contributed by atoms with van der Waals surface area (Å²) in [4.78, 5) is 85.4. The Morgan fingerprint density at radius 1 is 0.735 bits per heavy atom. The molecule has 0 aliphatic rings. The molecule has 0 spiro atoms. The molecule has 0 unspecified atom stereocenters. The second-order valence-electron chi connectivity index (χ2n) is 12.4. The lowest BCUT2D eigenvalue weighted by Crippen LogP contribution is -2.38. The molecule has 0 saturated heterocycles. The summed E-state index contributed by atoms with van der Waals surface area (Å²) in [5, 5.41) is 2.84. The molecule has 5 aromatic heterocycles. The van der Waals surface area contributed by atoms with Crippen LogP contribution in [0.4, 0.5) is 0 Å². The summed E-state index contributed by atoms with van der Waals surface area (Å²) in [5.41, 5.74) is 0.237. The molecule has 18 nitrogen and oxygen atoms in total. The lowest BCUT2D eigenvalue weighted by molar-refractivity contribution is -0.121. The summed E-state index contributed by atoms with van der Waals surface area (Å²) in [7, 11) is 13.8. The van der Waals surface area contributed by atoms with Crippen molar-refractivity contribution < 1.29 is 9.59 Å². The first kappa shape index (κ1) is 36.5. The Morgan fingerprint density at radius 2 is 1.27 bits per heavy atom. The van der Waals surface area contributed by atoms with E-state index in [9.17, 15) is 28.8 Å². The van der Waals surface area contributed by atoms with Gasteiger partial charge in [-0.2, -0.15) is 0 Å². The number of amides is 1. The molecule has 49 heavy (non-hydrogen) atoms. The van der Waals surface area contributed by atoms with Crippen LogP contribution < -0.4 is 27.8 Å². The Balaban J connectivity index is 0.000000221. The molecular formula is C31H44N12O6. The quantitative estimate of drug-likeness (QED) is 0.162. The number of carbonyl (C=O) groups excluding carboxylic acids is 2. The molecule has 5 aromatic rings. The van der Waals surface area contributed by atoms with E-state index in [-0.39, 0.29) is 47.2 Å². The van der Waals surface area contributed by atoms with Crippen LogP contribution in [0.25, 0.3) is 22.3 Å². The largest absolute Gasteiger partial charge is 0.355 e. The molecule has 0 aromatic carbocycles. The first-order valence-electron chi connectivity index (χ1n) is 15.6. The van der Waals surface area contributed by atoms with Crippen LogP contribution in [0.5, 0.6) is 0 Å². The molecule has 1 amide bonds. The van der Waals surface area contributed by atoms with Gasteiger partial charge >= 0.3 is 11.4 Å². The van der Waals surface area contributed by atoms with Gasteiger partial charge in [0.2, 0.25) is 5.91 Å². The van der Waals surface area contributed by atoms with Gasteiger partial charge in [0.1, 0.15) is 13.1 Å². The summed E-state index contributed by atoms with van der Waals surface area (Å²) < 4.78 is 9.07. The number of nitrogens with zero attached hydrogens (tertiary/aromatic N) is 11. The van der Waals surface area contributed by atoms with E-state index in [4.69, 9.17) is 0 Å². The van der Waals surface area contributed by atoms with Crippen molar-refractivity contribution in [3.05, 3.63) is 78.4 Å². The average Bonchev–Trinajstić information content (AvgIpc) is 3.79. The van der Waals surface area contributed by atoms with Crippen molar-refractivity contribution in [3.8, 4) is 0 Å². The lowest BCUT2D eigenvalue weighted by Gasteiger charge is -2.10. The van der Waals surface area contributed by atoms with Crippen LogP contribution >= 0.6 is 0 Å². The Kier molecular flexibility index (Phi) is 11.3. The lowest BCUT2D eigenvalue weighted by atomic mass is 10.3.